The zero-order valence-electron chi connectivity index (χ0n) is 21.8. The lowest BCUT2D eigenvalue weighted by Crippen LogP contribution is -2.18. The number of hydrogen-bond donors (Lipinski definition) is 3. The van der Waals surface area contributed by atoms with Crippen molar-refractivity contribution in [1.82, 2.24) is 35.5 Å². The highest BCUT2D eigenvalue weighted by Gasteiger charge is 2.33. The van der Waals surface area contributed by atoms with Gasteiger partial charge in [0.05, 0.1) is 29.0 Å². The summed E-state index contributed by atoms with van der Waals surface area (Å²) in [5, 5.41) is 30.9. The van der Waals surface area contributed by atoms with Crippen LogP contribution in [0, 0.1) is 0 Å². The molecule has 11 nitrogen and oxygen atoms in total. The van der Waals surface area contributed by atoms with Gasteiger partial charge in [0.1, 0.15) is 5.69 Å². The number of aromatic nitrogens is 6. The summed E-state index contributed by atoms with van der Waals surface area (Å²) in [6, 6.07) is 10.6. The molecular weight excluding hydrogens is 565 g/mol. The van der Waals surface area contributed by atoms with Gasteiger partial charge >= 0.3 is 6.36 Å². The lowest BCUT2D eigenvalue weighted by Gasteiger charge is -2.15. The van der Waals surface area contributed by atoms with Crippen molar-refractivity contribution in [3.05, 3.63) is 77.0 Å². The molecular formula is C26H26ClF3N8O3. The first-order chi connectivity index (χ1) is 19.6. The quantitative estimate of drug-likeness (QED) is 0.164. The van der Waals surface area contributed by atoms with Crippen LogP contribution in [0.3, 0.4) is 0 Å². The SMILES string of the molecule is CNC(O)c1cn(CCCCc2ccc(NC(=O)Cc3cc(-c4cccc(Cl)c4OC(F)(F)F)ccn3)nn2)nn1. The number of nitrogens with zero attached hydrogens (tertiary/aromatic N) is 6. The van der Waals surface area contributed by atoms with E-state index < -0.39 is 24.2 Å². The van der Waals surface area contributed by atoms with Crippen molar-refractivity contribution in [2.45, 2.75) is 44.8 Å². The van der Waals surface area contributed by atoms with Gasteiger partial charge < -0.3 is 15.2 Å². The molecule has 1 amide bonds. The lowest BCUT2D eigenvalue weighted by atomic mass is 10.0. The van der Waals surface area contributed by atoms with Crippen LogP contribution in [0.15, 0.2) is 54.9 Å². The Balaban J connectivity index is 1.29. The first kappa shape index (κ1) is 29.8. The van der Waals surface area contributed by atoms with Crippen LogP contribution < -0.4 is 15.4 Å². The van der Waals surface area contributed by atoms with E-state index in [0.29, 0.717) is 29.9 Å². The summed E-state index contributed by atoms with van der Waals surface area (Å²) < 4.78 is 44.5. The number of carbonyl (C=O) groups excluding carboxylic acids is 1. The van der Waals surface area contributed by atoms with Crippen molar-refractivity contribution in [1.29, 1.82) is 0 Å². The number of unbranched alkanes of at least 4 members (excludes halogenated alkanes) is 1. The van der Waals surface area contributed by atoms with E-state index in [4.69, 9.17) is 11.6 Å². The maximum atomic E-state index is 12.9. The average Bonchev–Trinajstić information content (AvgIpc) is 3.41. The number of halogens is 4. The Bertz CT molecular complexity index is 1470. The number of ether oxygens (including phenoxy) is 1. The summed E-state index contributed by atoms with van der Waals surface area (Å²) in [7, 11) is 1.62. The molecule has 4 aromatic rings. The highest BCUT2D eigenvalue weighted by Crippen LogP contribution is 2.39. The minimum atomic E-state index is -4.92. The van der Waals surface area contributed by atoms with Gasteiger partial charge in [0.15, 0.2) is 17.8 Å². The molecule has 1 aromatic carbocycles. The van der Waals surface area contributed by atoms with E-state index in [1.165, 1.54) is 36.5 Å². The number of alkyl halides is 3. The van der Waals surface area contributed by atoms with Crippen molar-refractivity contribution in [2.75, 3.05) is 12.4 Å². The molecule has 1 unspecified atom stereocenters. The molecule has 3 heterocycles. The molecule has 1 atom stereocenters. The molecule has 0 bridgehead atoms. The molecule has 3 aromatic heterocycles. The first-order valence-electron chi connectivity index (χ1n) is 12.5. The second-order valence-corrected chi connectivity index (χ2v) is 9.30. The Morgan fingerprint density at radius 3 is 2.68 bits per heavy atom. The summed E-state index contributed by atoms with van der Waals surface area (Å²) in [5.74, 6) is -0.704. The molecule has 3 N–H and O–H groups in total. The smallest absolute Gasteiger partial charge is 0.404 e. The highest BCUT2D eigenvalue weighted by atomic mass is 35.5. The number of para-hydroxylation sites is 1. The van der Waals surface area contributed by atoms with E-state index >= 15 is 0 Å². The topological polar surface area (TPSA) is 140 Å². The van der Waals surface area contributed by atoms with Gasteiger partial charge in [0.2, 0.25) is 5.91 Å². The number of carbonyl (C=O) groups is 1. The Morgan fingerprint density at radius 1 is 1.12 bits per heavy atom. The number of benzene rings is 1. The summed E-state index contributed by atoms with van der Waals surface area (Å²) in [6.45, 7) is 0.633. The van der Waals surface area contributed by atoms with Crippen molar-refractivity contribution in [3.63, 3.8) is 0 Å². The third-order valence-electron chi connectivity index (χ3n) is 5.82. The van der Waals surface area contributed by atoms with Gasteiger partial charge in [-0.25, -0.2) is 0 Å². The predicted molar refractivity (Wildman–Crippen MR) is 143 cm³/mol. The van der Waals surface area contributed by atoms with E-state index in [2.05, 4.69) is 40.9 Å². The number of amides is 1. The minimum Gasteiger partial charge on any atom is -0.404 e. The van der Waals surface area contributed by atoms with Crippen molar-refractivity contribution in [2.24, 2.45) is 0 Å². The van der Waals surface area contributed by atoms with Crippen molar-refractivity contribution >= 4 is 23.3 Å². The molecule has 0 aliphatic heterocycles. The molecule has 4 rings (SSSR count). The molecule has 0 aliphatic carbocycles. The summed E-state index contributed by atoms with van der Waals surface area (Å²) in [6.07, 6.45) is -0.572. The Kier molecular flexibility index (Phi) is 9.81. The van der Waals surface area contributed by atoms with Gasteiger partial charge in [-0.3, -0.25) is 19.8 Å². The summed E-state index contributed by atoms with van der Waals surface area (Å²) in [4.78, 5) is 16.7. The third-order valence-corrected chi connectivity index (χ3v) is 6.12. The van der Waals surface area contributed by atoms with E-state index in [0.717, 1.165) is 18.5 Å². The van der Waals surface area contributed by atoms with E-state index in [1.807, 2.05) is 0 Å². The second kappa shape index (κ2) is 13.5. The largest absolute Gasteiger partial charge is 0.573 e. The molecule has 216 valence electrons. The maximum Gasteiger partial charge on any atom is 0.573 e. The fourth-order valence-corrected chi connectivity index (χ4v) is 4.10. The minimum absolute atomic E-state index is 0.110. The van der Waals surface area contributed by atoms with Crippen molar-refractivity contribution < 1.29 is 27.8 Å². The number of aryl methyl sites for hydroxylation is 2. The fourth-order valence-electron chi connectivity index (χ4n) is 3.89. The Hall–Kier alpha value is -4.14. The normalized spacial score (nSPS) is 12.2. The molecule has 0 radical (unpaired) electrons. The molecule has 41 heavy (non-hydrogen) atoms. The Morgan fingerprint density at radius 2 is 1.95 bits per heavy atom. The molecule has 15 heteroatoms. The van der Waals surface area contributed by atoms with Crippen LogP contribution in [0.5, 0.6) is 5.75 Å². The van der Waals surface area contributed by atoms with Crippen LogP contribution in [0.2, 0.25) is 5.02 Å². The number of nitrogens with one attached hydrogen (secondary N) is 2. The zero-order valence-corrected chi connectivity index (χ0v) is 22.5. The van der Waals surface area contributed by atoms with Gasteiger partial charge in [0.25, 0.3) is 0 Å². The molecule has 0 saturated heterocycles. The maximum absolute atomic E-state index is 12.9. The predicted octanol–water partition coefficient (Wildman–Crippen LogP) is 4.10. The molecule has 0 spiro atoms. The number of rotatable bonds is 12. The lowest BCUT2D eigenvalue weighted by molar-refractivity contribution is -0.274. The zero-order chi connectivity index (χ0) is 29.4. The van der Waals surface area contributed by atoms with Crippen LogP contribution >= 0.6 is 11.6 Å². The van der Waals surface area contributed by atoms with Gasteiger partial charge in [-0.05, 0) is 62.2 Å². The number of anilines is 1. The third kappa shape index (κ3) is 8.67. The number of hydrogen-bond acceptors (Lipinski definition) is 9. The van der Waals surface area contributed by atoms with Gasteiger partial charge in [-0.15, -0.1) is 23.4 Å². The Labute approximate surface area is 237 Å². The van der Waals surface area contributed by atoms with E-state index in [1.54, 1.807) is 30.1 Å². The molecule has 0 saturated carbocycles. The average molecular weight is 591 g/mol. The number of aliphatic hydroxyl groups excluding tert-OH is 1. The monoisotopic (exact) mass is 590 g/mol. The van der Waals surface area contributed by atoms with Crippen LogP contribution in [0.1, 0.15) is 36.2 Å². The van der Waals surface area contributed by atoms with E-state index in [9.17, 15) is 23.1 Å². The number of pyridine rings is 1. The van der Waals surface area contributed by atoms with Crippen LogP contribution in [0.4, 0.5) is 19.0 Å². The van der Waals surface area contributed by atoms with E-state index in [-0.39, 0.29) is 22.8 Å². The second-order valence-electron chi connectivity index (χ2n) is 8.89. The van der Waals surface area contributed by atoms with Gasteiger partial charge in [-0.2, -0.15) is 5.10 Å². The van der Waals surface area contributed by atoms with Crippen LogP contribution in [-0.4, -0.2) is 54.6 Å². The number of aliphatic hydroxyl groups is 1. The standard InChI is InChI=1S/C26H26ClF3N8O3/c1-31-25(40)21-15-38(37-35-21)12-3-2-5-17-8-9-22(36-34-17)33-23(39)14-18-13-16(10-11-32-18)19-6-4-7-20(27)24(19)41-26(28,29)30/h4,6-11,13,15,25,31,40H,2-3,5,12,14H2,1H3,(H,33,36,39). The molecule has 0 fully saturated rings. The highest BCUT2D eigenvalue weighted by molar-refractivity contribution is 6.32. The fraction of sp³-hybridized carbons (Fsp3) is 0.308. The van der Waals surface area contributed by atoms with Gasteiger partial charge in [-0.1, -0.05) is 28.9 Å². The van der Waals surface area contributed by atoms with Crippen LogP contribution in [-0.2, 0) is 24.2 Å². The summed E-state index contributed by atoms with van der Waals surface area (Å²) >= 11 is 5.95. The van der Waals surface area contributed by atoms with Crippen LogP contribution in [0.25, 0.3) is 11.1 Å². The summed E-state index contributed by atoms with van der Waals surface area (Å²) in [5.41, 5.74) is 1.99. The molecule has 0 aliphatic rings. The van der Waals surface area contributed by atoms with Crippen molar-refractivity contribution in [3.8, 4) is 16.9 Å². The first-order valence-corrected chi connectivity index (χ1v) is 12.9. The van der Waals surface area contributed by atoms with Gasteiger partial charge in [0, 0.05) is 18.3 Å².